The third-order valence-corrected chi connectivity index (χ3v) is 2.58. The van der Waals surface area contributed by atoms with E-state index in [2.05, 4.69) is 5.32 Å². The van der Waals surface area contributed by atoms with Crippen molar-refractivity contribution in [1.82, 2.24) is 5.32 Å². The molecule has 0 aliphatic rings. The van der Waals surface area contributed by atoms with Gasteiger partial charge in [0.1, 0.15) is 5.76 Å². The van der Waals surface area contributed by atoms with Crippen molar-refractivity contribution in [2.75, 3.05) is 6.54 Å². The highest BCUT2D eigenvalue weighted by Gasteiger charge is 2.20. The molecular formula is C13H12F3NO. The predicted molar refractivity (Wildman–Crippen MR) is 60.5 cm³/mol. The van der Waals surface area contributed by atoms with Crippen LogP contribution in [0.5, 0.6) is 0 Å². The minimum Gasteiger partial charge on any atom is -0.467 e. The van der Waals surface area contributed by atoms with Crippen LogP contribution in [-0.4, -0.2) is 6.54 Å². The van der Waals surface area contributed by atoms with Crippen LogP contribution >= 0.6 is 0 Å². The van der Waals surface area contributed by atoms with Crippen LogP contribution in [0.15, 0.2) is 34.9 Å². The second-order valence-electron chi connectivity index (χ2n) is 3.80. The Morgan fingerprint density at radius 1 is 1.22 bits per heavy atom. The molecule has 1 atom stereocenters. The number of furan rings is 1. The van der Waals surface area contributed by atoms with Crippen molar-refractivity contribution in [2.24, 2.45) is 0 Å². The van der Waals surface area contributed by atoms with Crippen molar-refractivity contribution < 1.29 is 17.6 Å². The van der Waals surface area contributed by atoms with E-state index >= 15 is 0 Å². The van der Waals surface area contributed by atoms with Crippen LogP contribution < -0.4 is 5.32 Å². The van der Waals surface area contributed by atoms with Gasteiger partial charge < -0.3 is 9.73 Å². The van der Waals surface area contributed by atoms with Crippen molar-refractivity contribution in [2.45, 2.75) is 13.0 Å². The van der Waals surface area contributed by atoms with Gasteiger partial charge in [-0.25, -0.2) is 13.2 Å². The van der Waals surface area contributed by atoms with Crippen molar-refractivity contribution in [3.63, 3.8) is 0 Å². The molecule has 0 saturated carbocycles. The molecular weight excluding hydrogens is 243 g/mol. The molecule has 1 aromatic heterocycles. The molecule has 0 amide bonds. The molecule has 0 fully saturated rings. The van der Waals surface area contributed by atoms with Crippen LogP contribution in [0.25, 0.3) is 0 Å². The zero-order valence-electron chi connectivity index (χ0n) is 9.71. The lowest BCUT2D eigenvalue weighted by molar-refractivity contribution is 0.430. The Bertz CT molecular complexity index is 502. The summed E-state index contributed by atoms with van der Waals surface area (Å²) >= 11 is 0. The lowest BCUT2D eigenvalue weighted by atomic mass is 10.0. The SMILES string of the molecule is CCNC(c1cc(F)c(F)c(F)c1)c1ccco1. The predicted octanol–water partition coefficient (Wildman–Crippen LogP) is 3.40. The highest BCUT2D eigenvalue weighted by Crippen LogP contribution is 2.25. The first-order valence-corrected chi connectivity index (χ1v) is 5.54. The Balaban J connectivity index is 2.43. The van der Waals surface area contributed by atoms with Gasteiger partial charge in [0.15, 0.2) is 17.5 Å². The molecule has 18 heavy (non-hydrogen) atoms. The Kier molecular flexibility index (Phi) is 3.72. The molecule has 1 N–H and O–H groups in total. The van der Waals surface area contributed by atoms with E-state index in [4.69, 9.17) is 4.42 Å². The van der Waals surface area contributed by atoms with E-state index < -0.39 is 23.5 Å². The van der Waals surface area contributed by atoms with Crippen LogP contribution in [0.2, 0.25) is 0 Å². The molecule has 0 aliphatic carbocycles. The highest BCUT2D eigenvalue weighted by atomic mass is 19.2. The third-order valence-electron chi connectivity index (χ3n) is 2.58. The van der Waals surface area contributed by atoms with E-state index in [9.17, 15) is 13.2 Å². The van der Waals surface area contributed by atoms with Gasteiger partial charge in [0.25, 0.3) is 0 Å². The smallest absolute Gasteiger partial charge is 0.194 e. The van der Waals surface area contributed by atoms with Crippen molar-refractivity contribution in [1.29, 1.82) is 0 Å². The topological polar surface area (TPSA) is 25.2 Å². The summed E-state index contributed by atoms with van der Waals surface area (Å²) in [5.41, 5.74) is 0.281. The normalized spacial score (nSPS) is 12.7. The molecule has 1 aromatic carbocycles. The molecule has 2 nitrogen and oxygen atoms in total. The first kappa shape index (κ1) is 12.7. The lowest BCUT2D eigenvalue weighted by Crippen LogP contribution is -2.22. The van der Waals surface area contributed by atoms with Gasteiger partial charge in [0, 0.05) is 0 Å². The van der Waals surface area contributed by atoms with Crippen LogP contribution in [0.1, 0.15) is 24.3 Å². The van der Waals surface area contributed by atoms with Gasteiger partial charge in [0.2, 0.25) is 0 Å². The summed E-state index contributed by atoms with van der Waals surface area (Å²) in [6.45, 7) is 2.43. The van der Waals surface area contributed by atoms with E-state index in [1.807, 2.05) is 6.92 Å². The highest BCUT2D eigenvalue weighted by molar-refractivity contribution is 5.28. The van der Waals surface area contributed by atoms with E-state index in [-0.39, 0.29) is 5.56 Å². The summed E-state index contributed by atoms with van der Waals surface area (Å²) in [6.07, 6.45) is 1.47. The maximum atomic E-state index is 13.2. The second kappa shape index (κ2) is 5.27. The molecule has 96 valence electrons. The summed E-state index contributed by atoms with van der Waals surface area (Å²) in [5.74, 6) is -3.37. The Hall–Kier alpha value is -1.75. The zero-order valence-corrected chi connectivity index (χ0v) is 9.71. The minimum atomic E-state index is -1.46. The molecule has 2 aromatic rings. The van der Waals surface area contributed by atoms with Gasteiger partial charge in [-0.1, -0.05) is 6.92 Å². The number of nitrogens with one attached hydrogen (secondary N) is 1. The van der Waals surface area contributed by atoms with Crippen molar-refractivity contribution in [3.05, 3.63) is 59.3 Å². The average molecular weight is 255 g/mol. The maximum absolute atomic E-state index is 13.2. The third kappa shape index (κ3) is 2.41. The van der Waals surface area contributed by atoms with Gasteiger partial charge >= 0.3 is 0 Å². The number of halogens is 3. The molecule has 1 unspecified atom stereocenters. The molecule has 0 bridgehead atoms. The number of rotatable bonds is 4. The molecule has 0 saturated heterocycles. The minimum absolute atomic E-state index is 0.281. The summed E-state index contributed by atoms with van der Waals surface area (Å²) in [5, 5.41) is 3.03. The first-order valence-electron chi connectivity index (χ1n) is 5.54. The number of hydrogen-bond acceptors (Lipinski definition) is 2. The molecule has 0 aliphatic heterocycles. The van der Waals surface area contributed by atoms with Crippen molar-refractivity contribution in [3.8, 4) is 0 Å². The summed E-state index contributed by atoms with van der Waals surface area (Å²) in [7, 11) is 0. The van der Waals surface area contributed by atoms with E-state index in [1.165, 1.54) is 6.26 Å². The van der Waals surface area contributed by atoms with Crippen molar-refractivity contribution >= 4 is 0 Å². The van der Waals surface area contributed by atoms with E-state index in [1.54, 1.807) is 12.1 Å². The van der Waals surface area contributed by atoms with E-state index in [0.717, 1.165) is 12.1 Å². The van der Waals surface area contributed by atoms with E-state index in [0.29, 0.717) is 12.3 Å². The summed E-state index contributed by atoms with van der Waals surface area (Å²) < 4.78 is 44.5. The van der Waals surface area contributed by atoms with Crippen LogP contribution in [0, 0.1) is 17.5 Å². The Morgan fingerprint density at radius 2 is 1.89 bits per heavy atom. The monoisotopic (exact) mass is 255 g/mol. The molecule has 2 rings (SSSR count). The number of benzene rings is 1. The quantitative estimate of drug-likeness (QED) is 0.847. The fourth-order valence-corrected chi connectivity index (χ4v) is 1.78. The Morgan fingerprint density at radius 3 is 2.39 bits per heavy atom. The first-order chi connectivity index (χ1) is 8.63. The second-order valence-corrected chi connectivity index (χ2v) is 3.80. The fourth-order valence-electron chi connectivity index (χ4n) is 1.78. The molecule has 0 spiro atoms. The van der Waals surface area contributed by atoms with Crippen LogP contribution in [0.3, 0.4) is 0 Å². The summed E-state index contributed by atoms with van der Waals surface area (Å²) in [6, 6.07) is 4.79. The van der Waals surface area contributed by atoms with Crippen LogP contribution in [0.4, 0.5) is 13.2 Å². The summed E-state index contributed by atoms with van der Waals surface area (Å²) in [4.78, 5) is 0. The van der Waals surface area contributed by atoms with Gasteiger partial charge in [0.05, 0.1) is 12.3 Å². The average Bonchev–Trinajstić information content (AvgIpc) is 2.86. The van der Waals surface area contributed by atoms with Crippen LogP contribution in [-0.2, 0) is 0 Å². The lowest BCUT2D eigenvalue weighted by Gasteiger charge is -2.16. The largest absolute Gasteiger partial charge is 0.467 e. The molecule has 1 heterocycles. The van der Waals surface area contributed by atoms with Gasteiger partial charge in [-0.2, -0.15) is 0 Å². The molecule has 0 radical (unpaired) electrons. The number of hydrogen-bond donors (Lipinski definition) is 1. The Labute approximate surface area is 102 Å². The van der Waals surface area contributed by atoms with Gasteiger partial charge in [-0.15, -0.1) is 0 Å². The zero-order chi connectivity index (χ0) is 13.1. The molecule has 5 heteroatoms. The maximum Gasteiger partial charge on any atom is 0.194 e. The van der Waals surface area contributed by atoms with Gasteiger partial charge in [-0.05, 0) is 36.4 Å². The fraction of sp³-hybridized carbons (Fsp3) is 0.231. The standard InChI is InChI=1S/C13H12F3NO/c1-2-17-13(11-4-3-5-18-11)8-6-9(14)12(16)10(15)7-8/h3-7,13,17H,2H2,1H3. The van der Waals surface area contributed by atoms with Gasteiger partial charge in [-0.3, -0.25) is 0 Å².